The minimum Gasteiger partial charge on any atom is -0.324 e. The Morgan fingerprint density at radius 1 is 1.28 bits per heavy atom. The average molecular weight is 344 g/mol. The number of nitrogens with one attached hydrogen (secondary N) is 2. The highest BCUT2D eigenvalue weighted by molar-refractivity contribution is 6.06. The summed E-state index contributed by atoms with van der Waals surface area (Å²) in [7, 11) is 0. The zero-order valence-electron chi connectivity index (χ0n) is 15.0. The molecular weight excluding hydrogens is 320 g/mol. The fraction of sp³-hybridized carbons (Fsp3) is 0.444. The van der Waals surface area contributed by atoms with Crippen molar-refractivity contribution in [1.29, 1.82) is 0 Å². The van der Waals surface area contributed by atoms with E-state index in [1.165, 1.54) is 5.56 Å². The second kappa shape index (κ2) is 7.46. The summed E-state index contributed by atoms with van der Waals surface area (Å²) in [4.78, 5) is 36.6. The normalized spacial score (nSPS) is 16.6. The van der Waals surface area contributed by atoms with Crippen molar-refractivity contribution < 1.29 is 14.4 Å². The van der Waals surface area contributed by atoms with Crippen LogP contribution in [0.15, 0.2) is 29.4 Å². The van der Waals surface area contributed by atoms with Gasteiger partial charge < -0.3 is 5.32 Å². The van der Waals surface area contributed by atoms with Crippen molar-refractivity contribution in [3.63, 3.8) is 0 Å². The van der Waals surface area contributed by atoms with Gasteiger partial charge >= 0.3 is 6.03 Å². The maximum Gasteiger partial charge on any atom is 0.325 e. The fourth-order valence-corrected chi connectivity index (χ4v) is 2.44. The van der Waals surface area contributed by atoms with Gasteiger partial charge in [0.1, 0.15) is 5.54 Å². The van der Waals surface area contributed by atoms with E-state index in [0.717, 1.165) is 10.5 Å². The van der Waals surface area contributed by atoms with Crippen molar-refractivity contribution in [2.75, 3.05) is 6.54 Å². The van der Waals surface area contributed by atoms with Gasteiger partial charge in [0.15, 0.2) is 0 Å². The Hall–Kier alpha value is -2.70. The molecular formula is C18H24N4O3. The second-order valence-electron chi connectivity index (χ2n) is 6.88. The van der Waals surface area contributed by atoms with E-state index in [1.54, 1.807) is 20.1 Å². The quantitative estimate of drug-likeness (QED) is 0.470. The molecule has 1 aromatic rings. The zero-order valence-corrected chi connectivity index (χ0v) is 15.0. The van der Waals surface area contributed by atoms with Gasteiger partial charge in [0.25, 0.3) is 5.91 Å². The Morgan fingerprint density at radius 2 is 1.92 bits per heavy atom. The summed E-state index contributed by atoms with van der Waals surface area (Å²) in [6.07, 6.45) is 1.55. The van der Waals surface area contributed by atoms with Gasteiger partial charge in [0.05, 0.1) is 6.21 Å². The molecule has 1 aliphatic heterocycles. The third-order valence-electron chi connectivity index (χ3n) is 4.01. The van der Waals surface area contributed by atoms with Crippen molar-refractivity contribution in [1.82, 2.24) is 15.6 Å². The van der Waals surface area contributed by atoms with Crippen LogP contribution in [0.5, 0.6) is 0 Å². The largest absolute Gasteiger partial charge is 0.325 e. The van der Waals surface area contributed by atoms with Crippen LogP contribution in [-0.4, -0.2) is 41.0 Å². The number of urea groups is 1. The third kappa shape index (κ3) is 4.65. The highest BCUT2D eigenvalue weighted by atomic mass is 16.2. The Bertz CT molecular complexity index is 693. The highest BCUT2D eigenvalue weighted by Crippen LogP contribution is 2.16. The summed E-state index contributed by atoms with van der Waals surface area (Å²) in [5.74, 6) is -0.236. The predicted octanol–water partition coefficient (Wildman–Crippen LogP) is 1.98. The molecule has 0 atom stereocenters. The Morgan fingerprint density at radius 3 is 2.44 bits per heavy atom. The second-order valence-corrected chi connectivity index (χ2v) is 6.88. The number of hydrazone groups is 1. The van der Waals surface area contributed by atoms with E-state index in [9.17, 15) is 14.4 Å². The number of hydrogen-bond acceptors (Lipinski definition) is 4. The first kappa shape index (κ1) is 18.6. The number of rotatable bonds is 6. The lowest BCUT2D eigenvalue weighted by molar-refractivity contribution is -0.130. The molecule has 0 aliphatic carbocycles. The van der Waals surface area contributed by atoms with Crippen molar-refractivity contribution >= 4 is 24.1 Å². The lowest BCUT2D eigenvalue weighted by atomic mass is 10.0. The lowest BCUT2D eigenvalue weighted by Crippen LogP contribution is -2.40. The number of benzene rings is 1. The molecule has 0 bridgehead atoms. The number of nitrogens with zero attached hydrogens (tertiary/aromatic N) is 2. The summed E-state index contributed by atoms with van der Waals surface area (Å²) >= 11 is 0. The standard InChI is InChI=1S/C18H24N4O3/c1-12(2)14-7-5-13(6-8-14)11-19-21-15(23)9-10-22-16(24)18(3,4)20-17(22)25/h5-8,11-12H,9-10H2,1-4H3,(H,20,25)(H,21,23)/b19-11-. The summed E-state index contributed by atoms with van der Waals surface area (Å²) in [6.45, 7) is 7.52. The molecule has 1 saturated heterocycles. The first-order valence-corrected chi connectivity index (χ1v) is 8.26. The van der Waals surface area contributed by atoms with E-state index >= 15 is 0 Å². The van der Waals surface area contributed by atoms with Crippen molar-refractivity contribution in [2.24, 2.45) is 5.10 Å². The molecule has 7 nitrogen and oxygen atoms in total. The van der Waals surface area contributed by atoms with Gasteiger partial charge in [-0.05, 0) is 30.9 Å². The molecule has 25 heavy (non-hydrogen) atoms. The summed E-state index contributed by atoms with van der Waals surface area (Å²) in [6, 6.07) is 7.43. The molecule has 0 aromatic heterocycles. The minimum absolute atomic E-state index is 0.00112. The average Bonchev–Trinajstić information content (AvgIpc) is 2.74. The topological polar surface area (TPSA) is 90.9 Å². The highest BCUT2D eigenvalue weighted by Gasteiger charge is 2.43. The fourth-order valence-electron chi connectivity index (χ4n) is 2.44. The van der Waals surface area contributed by atoms with Crippen LogP contribution in [0.2, 0.25) is 0 Å². The smallest absolute Gasteiger partial charge is 0.324 e. The maximum absolute atomic E-state index is 12.0. The van der Waals surface area contributed by atoms with Gasteiger partial charge in [-0.3, -0.25) is 14.5 Å². The number of carbonyl (C=O) groups is 3. The van der Waals surface area contributed by atoms with Crippen LogP contribution < -0.4 is 10.7 Å². The van der Waals surface area contributed by atoms with Crippen LogP contribution in [0.25, 0.3) is 0 Å². The van der Waals surface area contributed by atoms with Gasteiger partial charge in [0.2, 0.25) is 5.91 Å². The van der Waals surface area contributed by atoms with Gasteiger partial charge in [-0.15, -0.1) is 0 Å². The van der Waals surface area contributed by atoms with E-state index in [1.807, 2.05) is 24.3 Å². The summed E-state index contributed by atoms with van der Waals surface area (Å²) in [5.41, 5.74) is 3.59. The van der Waals surface area contributed by atoms with Crippen molar-refractivity contribution in [3.05, 3.63) is 35.4 Å². The monoisotopic (exact) mass is 344 g/mol. The minimum atomic E-state index is -0.923. The van der Waals surface area contributed by atoms with E-state index in [-0.39, 0.29) is 24.8 Å². The summed E-state index contributed by atoms with van der Waals surface area (Å²) in [5, 5.41) is 6.47. The van der Waals surface area contributed by atoms with Gasteiger partial charge in [-0.1, -0.05) is 38.1 Å². The van der Waals surface area contributed by atoms with Crippen LogP contribution in [-0.2, 0) is 9.59 Å². The molecule has 0 radical (unpaired) electrons. The molecule has 4 amide bonds. The van der Waals surface area contributed by atoms with Crippen LogP contribution in [0.3, 0.4) is 0 Å². The van der Waals surface area contributed by atoms with Crippen LogP contribution >= 0.6 is 0 Å². The molecule has 2 N–H and O–H groups in total. The predicted molar refractivity (Wildman–Crippen MR) is 95.2 cm³/mol. The molecule has 1 fully saturated rings. The number of amides is 4. The Labute approximate surface area is 147 Å². The van der Waals surface area contributed by atoms with E-state index < -0.39 is 11.6 Å². The van der Waals surface area contributed by atoms with Gasteiger partial charge in [0, 0.05) is 13.0 Å². The van der Waals surface area contributed by atoms with Gasteiger partial charge in [-0.2, -0.15) is 5.10 Å². The molecule has 1 aliphatic rings. The van der Waals surface area contributed by atoms with Crippen molar-refractivity contribution in [3.8, 4) is 0 Å². The van der Waals surface area contributed by atoms with Crippen molar-refractivity contribution in [2.45, 2.75) is 45.6 Å². The molecule has 1 heterocycles. The molecule has 7 heteroatoms. The zero-order chi connectivity index (χ0) is 18.6. The molecule has 0 unspecified atom stereocenters. The first-order chi connectivity index (χ1) is 11.7. The van der Waals surface area contributed by atoms with Crippen LogP contribution in [0.1, 0.15) is 51.2 Å². The molecule has 0 saturated carbocycles. The van der Waals surface area contributed by atoms with E-state index in [4.69, 9.17) is 0 Å². The molecule has 1 aromatic carbocycles. The SMILES string of the molecule is CC(C)c1ccc(/C=N\NC(=O)CCN2C(=O)NC(C)(C)C2=O)cc1. The number of imide groups is 1. The number of hydrogen-bond donors (Lipinski definition) is 2. The van der Waals surface area contributed by atoms with E-state index in [2.05, 4.69) is 29.7 Å². The summed E-state index contributed by atoms with van der Waals surface area (Å²) < 4.78 is 0. The maximum atomic E-state index is 12.0. The lowest BCUT2D eigenvalue weighted by Gasteiger charge is -2.15. The first-order valence-electron chi connectivity index (χ1n) is 8.26. The Kier molecular flexibility index (Phi) is 5.56. The Balaban J connectivity index is 1.81. The van der Waals surface area contributed by atoms with Crippen LogP contribution in [0.4, 0.5) is 4.79 Å². The van der Waals surface area contributed by atoms with Gasteiger partial charge in [-0.25, -0.2) is 10.2 Å². The third-order valence-corrected chi connectivity index (χ3v) is 4.01. The van der Waals surface area contributed by atoms with Crippen LogP contribution in [0, 0.1) is 0 Å². The molecule has 134 valence electrons. The van der Waals surface area contributed by atoms with E-state index in [0.29, 0.717) is 5.92 Å². The number of carbonyl (C=O) groups excluding carboxylic acids is 3. The molecule has 2 rings (SSSR count). The molecule has 0 spiro atoms.